The van der Waals surface area contributed by atoms with Crippen LogP contribution in [0.2, 0.25) is 0 Å². The van der Waals surface area contributed by atoms with Crippen LogP contribution in [-0.4, -0.2) is 44.4 Å². The maximum absolute atomic E-state index is 12.6. The number of benzene rings is 4. The van der Waals surface area contributed by atoms with Gasteiger partial charge in [-0.25, -0.2) is 15.0 Å². The molecule has 4 aromatic carbocycles. The van der Waals surface area contributed by atoms with Crippen molar-refractivity contribution in [1.82, 2.24) is 16.1 Å². The minimum absolute atomic E-state index is 0.187. The second-order valence-corrected chi connectivity index (χ2v) is 11.6. The summed E-state index contributed by atoms with van der Waals surface area (Å²) in [6.07, 6.45) is 1.54. The molecule has 47 heavy (non-hydrogen) atoms. The van der Waals surface area contributed by atoms with Gasteiger partial charge in [0.1, 0.15) is 12.4 Å². The molecule has 5 rings (SSSR count). The zero-order valence-electron chi connectivity index (χ0n) is 26.0. The Kier molecular flexibility index (Phi) is 10.9. The number of carbonyl (C=O) groups excluding carboxylic acids is 3. The molecule has 3 amide bonds. The number of fused-ring (bicyclic) bond motifs is 1. The van der Waals surface area contributed by atoms with Crippen molar-refractivity contribution in [3.63, 3.8) is 0 Å². The summed E-state index contributed by atoms with van der Waals surface area (Å²) < 4.78 is 23.3. The lowest BCUT2D eigenvalue weighted by Gasteiger charge is -2.28. The number of amides is 3. The van der Waals surface area contributed by atoms with Gasteiger partial charge >= 0.3 is 12.0 Å². The number of halogens is 1. The molecular formula is C35H33IN4O7. The number of urea groups is 1. The smallest absolute Gasteiger partial charge is 0.338 e. The maximum atomic E-state index is 12.6. The summed E-state index contributed by atoms with van der Waals surface area (Å²) in [5, 5.41) is 11.7. The van der Waals surface area contributed by atoms with E-state index in [2.05, 4.69) is 68.0 Å². The van der Waals surface area contributed by atoms with Crippen LogP contribution in [-0.2, 0) is 20.9 Å². The quantitative estimate of drug-likeness (QED) is 0.0727. The third-order valence-corrected chi connectivity index (χ3v) is 8.11. The molecule has 1 heterocycles. The van der Waals surface area contributed by atoms with Crippen LogP contribution in [0.4, 0.5) is 4.79 Å². The van der Waals surface area contributed by atoms with E-state index in [1.54, 1.807) is 32.0 Å². The number of hydrogen-bond donors (Lipinski definition) is 3. The summed E-state index contributed by atoms with van der Waals surface area (Å²) in [6, 6.07) is 23.7. The number of allylic oxidation sites excluding steroid dienone is 1. The number of esters is 1. The van der Waals surface area contributed by atoms with E-state index in [0.717, 1.165) is 25.8 Å². The van der Waals surface area contributed by atoms with Crippen LogP contribution in [0.15, 0.2) is 95.2 Å². The summed E-state index contributed by atoms with van der Waals surface area (Å²) in [7, 11) is 1.45. The van der Waals surface area contributed by atoms with Gasteiger partial charge in [0.15, 0.2) is 18.1 Å². The van der Waals surface area contributed by atoms with E-state index >= 15 is 0 Å². The second-order valence-electron chi connectivity index (χ2n) is 10.4. The number of methoxy groups -OCH3 is 1. The molecule has 0 fully saturated rings. The Morgan fingerprint density at radius 1 is 0.979 bits per heavy atom. The van der Waals surface area contributed by atoms with E-state index < -0.39 is 23.9 Å². The highest BCUT2D eigenvalue weighted by atomic mass is 127. The highest BCUT2D eigenvalue weighted by Crippen LogP contribution is 2.34. The number of rotatable bonds is 12. The van der Waals surface area contributed by atoms with Gasteiger partial charge in [-0.3, -0.25) is 4.79 Å². The van der Waals surface area contributed by atoms with Gasteiger partial charge in [-0.1, -0.05) is 48.5 Å². The van der Waals surface area contributed by atoms with E-state index in [1.807, 2.05) is 36.4 Å². The van der Waals surface area contributed by atoms with Gasteiger partial charge in [-0.05, 0) is 94.2 Å². The topological polar surface area (TPSA) is 137 Å². The molecule has 1 aliphatic rings. The van der Waals surface area contributed by atoms with Crippen molar-refractivity contribution in [2.45, 2.75) is 26.5 Å². The molecule has 0 saturated carbocycles. The molecule has 0 radical (unpaired) electrons. The van der Waals surface area contributed by atoms with Crippen LogP contribution >= 0.6 is 22.6 Å². The van der Waals surface area contributed by atoms with Crippen molar-refractivity contribution < 1.29 is 33.3 Å². The number of nitrogens with one attached hydrogen (secondary N) is 3. The first-order valence-electron chi connectivity index (χ1n) is 14.7. The zero-order valence-corrected chi connectivity index (χ0v) is 28.1. The second kappa shape index (κ2) is 15.5. The molecule has 0 bridgehead atoms. The van der Waals surface area contributed by atoms with Gasteiger partial charge in [0, 0.05) is 5.70 Å². The first-order chi connectivity index (χ1) is 22.8. The van der Waals surface area contributed by atoms with Gasteiger partial charge in [0.2, 0.25) is 0 Å². The van der Waals surface area contributed by atoms with Crippen LogP contribution in [0.3, 0.4) is 0 Å². The predicted molar refractivity (Wildman–Crippen MR) is 185 cm³/mol. The maximum Gasteiger partial charge on any atom is 0.338 e. The summed E-state index contributed by atoms with van der Waals surface area (Å²) in [6.45, 7) is 3.63. The molecule has 4 aromatic rings. The Bertz CT molecular complexity index is 1870. The molecule has 0 aromatic heterocycles. The average molecular weight is 749 g/mol. The Morgan fingerprint density at radius 2 is 1.77 bits per heavy atom. The molecule has 12 heteroatoms. The SMILES string of the molecule is CCOC(=O)C1=C(C)NC(=O)N[C@H]1c1ccc(OCC(=O)N/N=C\c2ccc(OCc3cccc4ccccc34)c(I)c2)c(OC)c1. The Balaban J connectivity index is 1.16. The highest BCUT2D eigenvalue weighted by Gasteiger charge is 2.32. The Morgan fingerprint density at radius 3 is 2.55 bits per heavy atom. The fourth-order valence-corrected chi connectivity index (χ4v) is 5.74. The lowest BCUT2D eigenvalue weighted by atomic mass is 9.95. The Labute approximate surface area is 285 Å². The lowest BCUT2D eigenvalue weighted by Crippen LogP contribution is -2.45. The third-order valence-electron chi connectivity index (χ3n) is 7.27. The third kappa shape index (κ3) is 8.19. The van der Waals surface area contributed by atoms with E-state index in [1.165, 1.54) is 18.7 Å². The van der Waals surface area contributed by atoms with Gasteiger partial charge in [0.25, 0.3) is 5.91 Å². The van der Waals surface area contributed by atoms with Crippen molar-refractivity contribution in [3.8, 4) is 17.2 Å². The average Bonchev–Trinajstić information content (AvgIpc) is 3.06. The van der Waals surface area contributed by atoms with Crippen molar-refractivity contribution >= 4 is 57.5 Å². The molecule has 0 saturated heterocycles. The van der Waals surface area contributed by atoms with Gasteiger partial charge < -0.3 is 29.6 Å². The molecule has 11 nitrogen and oxygen atoms in total. The van der Waals surface area contributed by atoms with Crippen molar-refractivity contribution in [3.05, 3.63) is 110 Å². The monoisotopic (exact) mass is 748 g/mol. The van der Waals surface area contributed by atoms with Crippen LogP contribution in [0, 0.1) is 3.57 Å². The van der Waals surface area contributed by atoms with Crippen LogP contribution in [0.1, 0.15) is 36.6 Å². The molecule has 0 spiro atoms. The fraction of sp³-hybridized carbons (Fsp3) is 0.200. The van der Waals surface area contributed by atoms with E-state index in [-0.39, 0.29) is 18.8 Å². The first kappa shape index (κ1) is 33.3. The highest BCUT2D eigenvalue weighted by molar-refractivity contribution is 14.1. The molecule has 0 unspecified atom stereocenters. The lowest BCUT2D eigenvalue weighted by molar-refractivity contribution is -0.139. The van der Waals surface area contributed by atoms with Crippen LogP contribution in [0.5, 0.6) is 17.2 Å². The van der Waals surface area contributed by atoms with Gasteiger partial charge in [0.05, 0.1) is 35.1 Å². The van der Waals surface area contributed by atoms with Gasteiger partial charge in [-0.2, -0.15) is 5.10 Å². The van der Waals surface area contributed by atoms with Crippen LogP contribution in [0.25, 0.3) is 10.8 Å². The number of hydrazone groups is 1. The molecule has 242 valence electrons. The van der Waals surface area contributed by atoms with E-state index in [0.29, 0.717) is 29.4 Å². The van der Waals surface area contributed by atoms with Crippen molar-refractivity contribution in [2.75, 3.05) is 20.3 Å². The minimum atomic E-state index is -0.767. The number of ether oxygens (including phenoxy) is 4. The largest absolute Gasteiger partial charge is 0.493 e. The summed E-state index contributed by atoms with van der Waals surface area (Å²) >= 11 is 2.21. The van der Waals surface area contributed by atoms with Crippen LogP contribution < -0.4 is 30.3 Å². The van der Waals surface area contributed by atoms with Crippen molar-refractivity contribution in [2.24, 2.45) is 5.10 Å². The van der Waals surface area contributed by atoms with Crippen molar-refractivity contribution in [1.29, 1.82) is 0 Å². The summed E-state index contributed by atoms with van der Waals surface area (Å²) in [4.78, 5) is 37.3. The molecule has 0 aliphatic carbocycles. The standard InChI is InChI=1S/C35H33IN4O7/c1-4-45-34(42)32-21(2)38-35(43)39-33(32)24-13-15-29(30(17-24)44-3)47-20-31(41)40-37-18-22-12-14-28(27(36)16-22)46-19-25-10-7-9-23-8-5-6-11-26(23)25/h5-18,33H,4,19-20H2,1-3H3,(H,40,41)(H2,38,39,43)/b37-18-/t33-/m0/s1. The number of carbonyl (C=O) groups is 3. The fourth-order valence-electron chi connectivity index (χ4n) is 5.05. The molecule has 1 atom stereocenters. The number of hydrogen-bond acceptors (Lipinski definition) is 8. The molecule has 1 aliphatic heterocycles. The molecule has 3 N–H and O–H groups in total. The predicted octanol–water partition coefficient (Wildman–Crippen LogP) is 5.75. The zero-order chi connectivity index (χ0) is 33.3. The van der Waals surface area contributed by atoms with E-state index in [4.69, 9.17) is 18.9 Å². The van der Waals surface area contributed by atoms with Gasteiger partial charge in [-0.15, -0.1) is 0 Å². The summed E-state index contributed by atoms with van der Waals surface area (Å²) in [5.41, 5.74) is 5.58. The van der Waals surface area contributed by atoms with E-state index in [9.17, 15) is 14.4 Å². The molecular weight excluding hydrogens is 715 g/mol. The first-order valence-corrected chi connectivity index (χ1v) is 15.8. The summed E-state index contributed by atoms with van der Waals surface area (Å²) in [5.74, 6) is 0.326. The minimum Gasteiger partial charge on any atom is -0.493 e. The normalized spacial score (nSPS) is 14.4. The Hall–Kier alpha value is -5.11. The number of nitrogens with zero attached hydrogens (tertiary/aromatic N) is 1.